The van der Waals surface area contributed by atoms with Crippen LogP contribution < -0.4 is 5.32 Å². The number of hydrogen-bond acceptors (Lipinski definition) is 6. The Hall–Kier alpha value is -2.11. The van der Waals surface area contributed by atoms with E-state index in [0.29, 0.717) is 29.1 Å². The van der Waals surface area contributed by atoms with Crippen LogP contribution in [0, 0.1) is 18.7 Å². The second-order valence-corrected chi connectivity index (χ2v) is 10.2. The standard InChI is InChI=1S/C23H25F4N5OS.ClH/c1-13-19(33-12-29-13)20-30-31-21(32(20)2)34-7-3-6-28-16-8-15-10-22(15,11-16)17-5-4-14(9-18(17)24)23(25,26)27;/h4-5,9,12,15-16,28H,3,6-8,10-11H2,1-2H3;1H/t15?,16-,22+;/m1./s1. The van der Waals surface area contributed by atoms with E-state index in [-0.39, 0.29) is 23.9 Å². The first-order valence-corrected chi connectivity index (χ1v) is 12.2. The third-order valence-corrected chi connectivity index (χ3v) is 8.12. The maximum Gasteiger partial charge on any atom is 0.416 e. The molecule has 2 saturated carbocycles. The van der Waals surface area contributed by atoms with E-state index in [9.17, 15) is 17.6 Å². The minimum absolute atomic E-state index is 0. The molecule has 35 heavy (non-hydrogen) atoms. The summed E-state index contributed by atoms with van der Waals surface area (Å²) in [5.74, 6) is 1.70. The Morgan fingerprint density at radius 2 is 2.06 bits per heavy atom. The molecule has 0 amide bonds. The van der Waals surface area contributed by atoms with Crippen molar-refractivity contribution in [3.63, 3.8) is 0 Å². The van der Waals surface area contributed by atoms with Gasteiger partial charge in [-0.2, -0.15) is 13.2 Å². The quantitative estimate of drug-likeness (QED) is 0.233. The van der Waals surface area contributed by atoms with Crippen LogP contribution in [0.1, 0.15) is 42.5 Å². The Balaban J connectivity index is 0.00000289. The Labute approximate surface area is 210 Å². The molecule has 2 fully saturated rings. The summed E-state index contributed by atoms with van der Waals surface area (Å²) >= 11 is 1.61. The first-order valence-electron chi connectivity index (χ1n) is 11.2. The van der Waals surface area contributed by atoms with Crippen molar-refractivity contribution in [1.29, 1.82) is 0 Å². The van der Waals surface area contributed by atoms with Crippen molar-refractivity contribution < 1.29 is 22.0 Å². The zero-order valence-corrected chi connectivity index (χ0v) is 20.9. The fraction of sp³-hybridized carbons (Fsp3) is 0.522. The first-order chi connectivity index (χ1) is 16.2. The number of benzene rings is 1. The highest BCUT2D eigenvalue weighted by atomic mass is 35.5. The maximum atomic E-state index is 14.5. The molecular formula is C23H26ClF4N5OS. The van der Waals surface area contributed by atoms with Gasteiger partial charge in [-0.25, -0.2) is 9.37 Å². The van der Waals surface area contributed by atoms with Gasteiger partial charge in [0, 0.05) is 24.3 Å². The number of aromatic nitrogens is 4. The molecule has 12 heteroatoms. The molecule has 1 unspecified atom stereocenters. The van der Waals surface area contributed by atoms with Crippen LogP contribution in [0.25, 0.3) is 11.6 Å². The number of hydrogen-bond donors (Lipinski definition) is 1. The van der Waals surface area contributed by atoms with E-state index >= 15 is 0 Å². The van der Waals surface area contributed by atoms with Gasteiger partial charge in [-0.3, -0.25) is 0 Å². The molecule has 0 aliphatic heterocycles. The average molecular weight is 532 g/mol. The van der Waals surface area contributed by atoms with E-state index in [2.05, 4.69) is 20.5 Å². The largest absolute Gasteiger partial charge is 0.440 e. The summed E-state index contributed by atoms with van der Waals surface area (Å²) < 4.78 is 60.4. The van der Waals surface area contributed by atoms with E-state index in [1.165, 1.54) is 12.5 Å². The molecule has 5 rings (SSSR count). The third-order valence-electron chi connectivity index (χ3n) is 7.01. The molecule has 1 aromatic carbocycles. The number of thioether (sulfide) groups is 1. The SMILES string of the molecule is Cc1ncoc1-c1nnc(SCCCN[C@@H]2CC3C[C@]3(c3ccc(C(F)(F)F)cc3F)C2)n1C.Cl. The predicted molar refractivity (Wildman–Crippen MR) is 126 cm³/mol. The van der Waals surface area contributed by atoms with E-state index in [4.69, 9.17) is 4.42 Å². The number of fused-ring (bicyclic) bond motifs is 1. The van der Waals surface area contributed by atoms with Crippen molar-refractivity contribution in [3.8, 4) is 11.6 Å². The fourth-order valence-corrected chi connectivity index (χ4v) is 6.04. The smallest absolute Gasteiger partial charge is 0.416 e. The first kappa shape index (κ1) is 26.0. The van der Waals surface area contributed by atoms with Crippen molar-refractivity contribution in [1.82, 2.24) is 25.1 Å². The van der Waals surface area contributed by atoms with Crippen LogP contribution in [0.5, 0.6) is 0 Å². The van der Waals surface area contributed by atoms with Crippen molar-refractivity contribution in [2.75, 3.05) is 12.3 Å². The highest BCUT2D eigenvalue weighted by Crippen LogP contribution is 2.64. The monoisotopic (exact) mass is 531 g/mol. The lowest BCUT2D eigenvalue weighted by atomic mass is 9.91. The molecule has 2 aliphatic carbocycles. The van der Waals surface area contributed by atoms with Gasteiger partial charge in [0.2, 0.25) is 5.82 Å². The molecule has 190 valence electrons. The lowest BCUT2D eigenvalue weighted by Crippen LogP contribution is -2.30. The van der Waals surface area contributed by atoms with Gasteiger partial charge >= 0.3 is 6.18 Å². The van der Waals surface area contributed by atoms with Gasteiger partial charge in [0.15, 0.2) is 17.3 Å². The van der Waals surface area contributed by atoms with Crippen LogP contribution in [0.2, 0.25) is 0 Å². The normalized spacial score (nSPS) is 23.3. The second kappa shape index (κ2) is 9.74. The second-order valence-electron chi connectivity index (χ2n) is 9.17. The molecule has 1 N–H and O–H groups in total. The third kappa shape index (κ3) is 4.95. The van der Waals surface area contributed by atoms with Crippen molar-refractivity contribution in [2.24, 2.45) is 13.0 Å². The topological polar surface area (TPSA) is 68.8 Å². The summed E-state index contributed by atoms with van der Waals surface area (Å²) in [6.07, 6.45) is 0.312. The minimum Gasteiger partial charge on any atom is -0.440 e. The molecule has 6 nitrogen and oxygen atoms in total. The van der Waals surface area contributed by atoms with Crippen LogP contribution >= 0.6 is 24.2 Å². The fourth-order valence-electron chi connectivity index (χ4n) is 5.19. The zero-order chi connectivity index (χ0) is 24.1. The molecule has 3 aromatic rings. The van der Waals surface area contributed by atoms with Crippen LogP contribution in [0.3, 0.4) is 0 Å². The molecule has 2 heterocycles. The summed E-state index contributed by atoms with van der Waals surface area (Å²) in [5.41, 5.74) is -0.0436. The number of rotatable bonds is 8. The highest BCUT2D eigenvalue weighted by molar-refractivity contribution is 7.99. The van der Waals surface area contributed by atoms with Crippen LogP contribution in [-0.4, -0.2) is 38.1 Å². The summed E-state index contributed by atoms with van der Waals surface area (Å²) in [4.78, 5) is 4.09. The van der Waals surface area contributed by atoms with E-state index in [1.54, 1.807) is 11.8 Å². The van der Waals surface area contributed by atoms with Gasteiger partial charge in [-0.1, -0.05) is 17.8 Å². The summed E-state index contributed by atoms with van der Waals surface area (Å²) in [7, 11) is 1.89. The van der Waals surface area contributed by atoms with E-state index in [1.807, 2.05) is 18.5 Å². The van der Waals surface area contributed by atoms with Gasteiger partial charge in [0.05, 0.1) is 11.3 Å². The van der Waals surface area contributed by atoms with Crippen molar-refractivity contribution >= 4 is 24.2 Å². The van der Waals surface area contributed by atoms with Crippen LogP contribution in [0.15, 0.2) is 34.2 Å². The van der Waals surface area contributed by atoms with Crippen molar-refractivity contribution in [3.05, 3.63) is 47.2 Å². The van der Waals surface area contributed by atoms with Gasteiger partial charge in [-0.05, 0) is 62.8 Å². The molecule has 2 aromatic heterocycles. The van der Waals surface area contributed by atoms with Gasteiger partial charge < -0.3 is 14.3 Å². The Morgan fingerprint density at radius 1 is 1.26 bits per heavy atom. The molecule has 0 bridgehead atoms. The number of alkyl halides is 3. The maximum absolute atomic E-state index is 14.5. The minimum atomic E-state index is -4.53. The molecule has 0 spiro atoms. The predicted octanol–water partition coefficient (Wildman–Crippen LogP) is 5.55. The van der Waals surface area contributed by atoms with Gasteiger partial charge in [-0.15, -0.1) is 22.6 Å². The Kier molecular flexibility index (Phi) is 7.23. The number of nitrogens with zero attached hydrogens (tertiary/aromatic N) is 4. The van der Waals surface area contributed by atoms with Crippen molar-refractivity contribution in [2.45, 2.75) is 55.4 Å². The van der Waals surface area contributed by atoms with Gasteiger partial charge in [0.1, 0.15) is 5.82 Å². The zero-order valence-electron chi connectivity index (χ0n) is 19.2. The summed E-state index contributed by atoms with van der Waals surface area (Å²) in [6.45, 7) is 2.66. The van der Waals surface area contributed by atoms with Gasteiger partial charge in [0.25, 0.3) is 0 Å². The molecule has 3 atom stereocenters. The average Bonchev–Trinajstić information content (AvgIpc) is 3.08. The van der Waals surface area contributed by atoms with Crippen LogP contribution in [0.4, 0.5) is 17.6 Å². The molecule has 2 aliphatic rings. The molecule has 0 radical (unpaired) electrons. The Bertz CT molecular complexity index is 1200. The van der Waals surface area contributed by atoms with Crippen LogP contribution in [-0.2, 0) is 18.6 Å². The van der Waals surface area contributed by atoms with E-state index < -0.39 is 17.6 Å². The lowest BCUT2D eigenvalue weighted by molar-refractivity contribution is -0.137. The number of oxazole rings is 1. The molecule has 0 saturated heterocycles. The Morgan fingerprint density at radius 3 is 2.74 bits per heavy atom. The molecular weight excluding hydrogens is 506 g/mol. The number of nitrogens with one attached hydrogen (secondary N) is 1. The van der Waals surface area contributed by atoms with E-state index in [0.717, 1.165) is 54.9 Å². The summed E-state index contributed by atoms with van der Waals surface area (Å²) in [5, 5.41) is 12.8. The highest BCUT2D eigenvalue weighted by Gasteiger charge is 2.61. The summed E-state index contributed by atoms with van der Waals surface area (Å²) in [6, 6.07) is 3.23. The number of aryl methyl sites for hydroxylation is 1. The number of halogens is 5. The lowest BCUT2D eigenvalue weighted by Gasteiger charge is -2.19.